The monoisotopic (exact) mass is 459 g/mol. The number of amides is 1. The second-order valence-corrected chi connectivity index (χ2v) is 9.39. The molecule has 2 N–H and O–H groups in total. The van der Waals surface area contributed by atoms with Crippen LogP contribution in [0.5, 0.6) is 0 Å². The summed E-state index contributed by atoms with van der Waals surface area (Å²) < 4.78 is 16.6. The molecule has 3 aromatic rings. The van der Waals surface area contributed by atoms with E-state index in [1.54, 1.807) is 6.07 Å². The predicted octanol–water partition coefficient (Wildman–Crippen LogP) is 3.45. The Balaban J connectivity index is 1.24. The maximum absolute atomic E-state index is 15.3. The Hall–Kier alpha value is -3.68. The van der Waals surface area contributed by atoms with Crippen molar-refractivity contribution in [1.82, 2.24) is 19.7 Å². The normalized spacial score (nSPS) is 18.9. The number of hydrogen-bond acceptors (Lipinski definition) is 4. The number of fused-ring (bicyclic) bond motifs is 1. The molecule has 1 atom stereocenters. The highest BCUT2D eigenvalue weighted by molar-refractivity contribution is 5.97. The Kier molecular flexibility index (Phi) is 5.08. The highest BCUT2D eigenvalue weighted by Crippen LogP contribution is 2.31. The van der Waals surface area contributed by atoms with Crippen LogP contribution in [0, 0.1) is 11.7 Å². The Morgan fingerprint density at radius 3 is 2.82 bits per heavy atom. The van der Waals surface area contributed by atoms with Gasteiger partial charge in [-0.1, -0.05) is 24.3 Å². The molecule has 1 fully saturated rings. The van der Waals surface area contributed by atoms with E-state index < -0.39 is 11.5 Å². The zero-order chi connectivity index (χ0) is 23.2. The lowest BCUT2D eigenvalue weighted by atomic mass is 9.97. The number of allylic oxidation sites excluding steroid dienone is 1. The van der Waals surface area contributed by atoms with Crippen LogP contribution in [0.25, 0.3) is 16.8 Å². The van der Waals surface area contributed by atoms with Crippen LogP contribution in [-0.2, 0) is 17.6 Å². The molecule has 0 radical (unpaired) electrons. The summed E-state index contributed by atoms with van der Waals surface area (Å²) in [7, 11) is 0. The SMILES string of the molecule is O=C(C1=CC1)N1CC[C@@H](Cc2n[nH]c(=O)n2-c2ccc(-c3ccc4c(c3)NCCC4)cc2F)C1. The number of likely N-dealkylation sites (tertiary alicyclic amines) is 1. The van der Waals surface area contributed by atoms with Gasteiger partial charge in [-0.3, -0.25) is 4.79 Å². The Bertz CT molecular complexity index is 1370. The van der Waals surface area contributed by atoms with E-state index in [0.717, 1.165) is 54.6 Å². The number of hydrogen-bond donors (Lipinski definition) is 2. The first-order valence-electron chi connectivity index (χ1n) is 11.9. The fourth-order valence-corrected chi connectivity index (χ4v) is 5.09. The molecule has 34 heavy (non-hydrogen) atoms. The molecule has 174 valence electrons. The molecule has 2 aliphatic heterocycles. The molecule has 1 saturated heterocycles. The van der Waals surface area contributed by atoms with Crippen LogP contribution < -0.4 is 11.0 Å². The topological polar surface area (TPSA) is 83.0 Å². The van der Waals surface area contributed by atoms with Gasteiger partial charge in [0.15, 0.2) is 0 Å². The predicted molar refractivity (Wildman–Crippen MR) is 127 cm³/mol. The molecule has 3 heterocycles. The number of nitrogens with zero attached hydrogens (tertiary/aromatic N) is 3. The smallest absolute Gasteiger partial charge is 0.348 e. The van der Waals surface area contributed by atoms with E-state index in [1.807, 2.05) is 23.1 Å². The molecule has 0 unspecified atom stereocenters. The van der Waals surface area contributed by atoms with Crippen LogP contribution in [-0.4, -0.2) is 45.2 Å². The van der Waals surface area contributed by atoms with E-state index in [2.05, 4.69) is 27.6 Å². The summed E-state index contributed by atoms with van der Waals surface area (Å²) in [6.07, 6.45) is 6.23. The molecule has 0 spiro atoms. The Morgan fingerprint density at radius 1 is 1.18 bits per heavy atom. The van der Waals surface area contributed by atoms with Gasteiger partial charge in [-0.2, -0.15) is 5.10 Å². The average Bonchev–Trinajstić information content (AvgIpc) is 3.50. The highest BCUT2D eigenvalue weighted by atomic mass is 19.1. The number of H-pyrrole nitrogens is 1. The van der Waals surface area contributed by atoms with Crippen molar-refractivity contribution in [2.45, 2.75) is 32.1 Å². The summed E-state index contributed by atoms with van der Waals surface area (Å²) in [5.74, 6) is 0.305. The van der Waals surface area contributed by atoms with Gasteiger partial charge in [0.25, 0.3) is 0 Å². The number of aromatic amines is 1. The van der Waals surface area contributed by atoms with Crippen molar-refractivity contribution < 1.29 is 9.18 Å². The molecule has 6 rings (SSSR count). The lowest BCUT2D eigenvalue weighted by Gasteiger charge is -2.19. The van der Waals surface area contributed by atoms with Gasteiger partial charge in [0, 0.05) is 37.3 Å². The van der Waals surface area contributed by atoms with Gasteiger partial charge < -0.3 is 10.2 Å². The maximum Gasteiger partial charge on any atom is 0.348 e. The van der Waals surface area contributed by atoms with Crippen molar-refractivity contribution in [3.63, 3.8) is 0 Å². The molecule has 8 heteroatoms. The lowest BCUT2D eigenvalue weighted by Crippen LogP contribution is -2.28. The lowest BCUT2D eigenvalue weighted by molar-refractivity contribution is -0.125. The molecule has 2 aromatic carbocycles. The number of nitrogens with one attached hydrogen (secondary N) is 2. The number of aryl methyl sites for hydroxylation is 1. The quantitative estimate of drug-likeness (QED) is 0.612. The van der Waals surface area contributed by atoms with Crippen LogP contribution in [0.2, 0.25) is 0 Å². The van der Waals surface area contributed by atoms with Crippen LogP contribution >= 0.6 is 0 Å². The first-order valence-corrected chi connectivity index (χ1v) is 11.9. The number of halogens is 1. The third-order valence-corrected chi connectivity index (χ3v) is 7.04. The van der Waals surface area contributed by atoms with Crippen molar-refractivity contribution >= 4 is 11.6 Å². The zero-order valence-electron chi connectivity index (χ0n) is 18.8. The van der Waals surface area contributed by atoms with Crippen LogP contribution in [0.4, 0.5) is 10.1 Å². The number of carbonyl (C=O) groups excluding carboxylic acids is 1. The number of rotatable bonds is 5. The molecular weight excluding hydrogens is 433 g/mol. The summed E-state index contributed by atoms with van der Waals surface area (Å²) in [5, 5.41) is 10.1. The van der Waals surface area contributed by atoms with E-state index in [1.165, 1.54) is 16.2 Å². The third kappa shape index (κ3) is 3.83. The van der Waals surface area contributed by atoms with Crippen molar-refractivity contribution in [2.24, 2.45) is 5.92 Å². The van der Waals surface area contributed by atoms with Gasteiger partial charge in [-0.15, -0.1) is 0 Å². The van der Waals surface area contributed by atoms with E-state index in [0.29, 0.717) is 25.3 Å². The minimum absolute atomic E-state index is 0.112. The van der Waals surface area contributed by atoms with Gasteiger partial charge in [0.2, 0.25) is 5.91 Å². The largest absolute Gasteiger partial charge is 0.385 e. The third-order valence-electron chi connectivity index (χ3n) is 7.04. The number of aromatic nitrogens is 3. The van der Waals surface area contributed by atoms with E-state index >= 15 is 4.39 Å². The van der Waals surface area contributed by atoms with Gasteiger partial charge in [0.05, 0.1) is 5.69 Å². The molecule has 1 aliphatic carbocycles. The molecule has 1 aromatic heterocycles. The van der Waals surface area contributed by atoms with Crippen molar-refractivity contribution in [2.75, 3.05) is 25.0 Å². The minimum atomic E-state index is -0.475. The van der Waals surface area contributed by atoms with Crippen LogP contribution in [0.3, 0.4) is 0 Å². The summed E-state index contributed by atoms with van der Waals surface area (Å²) in [4.78, 5) is 26.7. The van der Waals surface area contributed by atoms with Crippen molar-refractivity contribution in [3.05, 3.63) is 75.7 Å². The number of benzene rings is 2. The molecule has 7 nitrogen and oxygen atoms in total. The Morgan fingerprint density at radius 2 is 2.00 bits per heavy atom. The average molecular weight is 460 g/mol. The van der Waals surface area contributed by atoms with Gasteiger partial charge >= 0.3 is 5.69 Å². The summed E-state index contributed by atoms with van der Waals surface area (Å²) in [6.45, 7) is 2.28. The zero-order valence-corrected chi connectivity index (χ0v) is 18.8. The highest BCUT2D eigenvalue weighted by Gasteiger charge is 2.31. The first kappa shape index (κ1) is 20.9. The van der Waals surface area contributed by atoms with Crippen LogP contribution in [0.15, 0.2) is 52.8 Å². The summed E-state index contributed by atoms with van der Waals surface area (Å²) in [5.41, 5.74) is 4.67. The molecule has 0 saturated carbocycles. The first-order chi connectivity index (χ1) is 16.6. The van der Waals surface area contributed by atoms with E-state index in [-0.39, 0.29) is 17.5 Å². The molecule has 1 amide bonds. The van der Waals surface area contributed by atoms with E-state index in [9.17, 15) is 9.59 Å². The number of anilines is 1. The van der Waals surface area contributed by atoms with Crippen LogP contribution in [0.1, 0.15) is 30.7 Å². The van der Waals surface area contributed by atoms with E-state index in [4.69, 9.17) is 0 Å². The number of carbonyl (C=O) groups is 1. The summed E-state index contributed by atoms with van der Waals surface area (Å²) in [6, 6.07) is 11.1. The van der Waals surface area contributed by atoms with Gasteiger partial charge in [-0.25, -0.2) is 18.9 Å². The standard InChI is InChI=1S/C26H26FN5O2/c27-21-13-19(20-6-3-17-2-1-10-28-22(17)14-20)7-8-23(21)32-24(29-30-26(32)34)12-16-9-11-31(15-16)25(33)18-4-5-18/h3-4,6-8,13-14,16,28H,1-2,5,9-12,15H2,(H,30,34)/t16-/m0/s1. The molecule has 0 bridgehead atoms. The maximum atomic E-state index is 15.3. The van der Waals surface area contributed by atoms with Gasteiger partial charge in [0.1, 0.15) is 11.6 Å². The fourth-order valence-electron chi connectivity index (χ4n) is 5.09. The van der Waals surface area contributed by atoms with Crippen molar-refractivity contribution in [3.8, 4) is 16.8 Å². The van der Waals surface area contributed by atoms with Gasteiger partial charge in [-0.05, 0) is 66.5 Å². The Labute approximate surface area is 196 Å². The summed E-state index contributed by atoms with van der Waals surface area (Å²) >= 11 is 0. The second kappa shape index (κ2) is 8.27. The molecule has 3 aliphatic rings. The molecular formula is C26H26FN5O2. The second-order valence-electron chi connectivity index (χ2n) is 9.39. The minimum Gasteiger partial charge on any atom is -0.385 e. The van der Waals surface area contributed by atoms with Crippen molar-refractivity contribution in [1.29, 1.82) is 0 Å². The fraction of sp³-hybridized carbons (Fsp3) is 0.346.